The molecule has 4 rings (SSSR count). The van der Waals surface area contributed by atoms with Gasteiger partial charge < -0.3 is 9.80 Å². The van der Waals surface area contributed by atoms with E-state index in [1.54, 1.807) is 0 Å². The molecule has 0 radical (unpaired) electrons. The first-order valence-electron chi connectivity index (χ1n) is 10.0. The Kier molecular flexibility index (Phi) is 4.71. The van der Waals surface area contributed by atoms with Crippen LogP contribution in [0.5, 0.6) is 0 Å². The molecule has 3 aliphatic rings. The second-order valence-corrected chi connectivity index (χ2v) is 8.22. The molecule has 1 spiro atoms. The Hall–Kier alpha value is -1.92. The number of piperidine rings is 1. The number of nitrogens with one attached hydrogen (secondary N) is 1. The fourth-order valence-corrected chi connectivity index (χ4v) is 5.01. The number of hydrogen-bond acceptors (Lipinski definition) is 4. The number of aromatic amines is 1. The molecular formula is C19H29N5O2. The molecule has 7 heteroatoms. The number of likely N-dealkylation sites (tertiary alicyclic amines) is 2. The Morgan fingerprint density at radius 1 is 1.23 bits per heavy atom. The summed E-state index contributed by atoms with van der Waals surface area (Å²) < 4.78 is 0. The van der Waals surface area contributed by atoms with E-state index in [2.05, 4.69) is 20.1 Å². The zero-order valence-corrected chi connectivity index (χ0v) is 15.7. The largest absolute Gasteiger partial charge is 0.342 e. The van der Waals surface area contributed by atoms with Crippen LogP contribution in [-0.2, 0) is 16.0 Å². The van der Waals surface area contributed by atoms with Crippen LogP contribution in [-0.4, -0.2) is 62.5 Å². The normalized spacial score (nSPS) is 27.0. The number of aryl methyl sites for hydroxylation is 2. The molecule has 142 valence electrons. The molecule has 3 heterocycles. The number of rotatable bonds is 4. The van der Waals surface area contributed by atoms with Crippen LogP contribution in [0.3, 0.4) is 0 Å². The van der Waals surface area contributed by atoms with E-state index in [1.165, 1.54) is 12.8 Å². The highest BCUT2D eigenvalue weighted by Gasteiger charge is 2.50. The van der Waals surface area contributed by atoms with Gasteiger partial charge in [-0.25, -0.2) is 4.98 Å². The molecule has 2 saturated heterocycles. The zero-order valence-electron chi connectivity index (χ0n) is 15.7. The molecule has 0 unspecified atom stereocenters. The monoisotopic (exact) mass is 359 g/mol. The molecule has 1 aromatic heterocycles. The van der Waals surface area contributed by atoms with Gasteiger partial charge in [0.25, 0.3) is 0 Å². The predicted octanol–water partition coefficient (Wildman–Crippen LogP) is 1.83. The van der Waals surface area contributed by atoms with E-state index in [1.807, 2.05) is 11.8 Å². The van der Waals surface area contributed by atoms with Gasteiger partial charge in [0.1, 0.15) is 5.82 Å². The molecule has 7 nitrogen and oxygen atoms in total. The van der Waals surface area contributed by atoms with Gasteiger partial charge in [-0.1, -0.05) is 12.8 Å². The van der Waals surface area contributed by atoms with Crippen molar-refractivity contribution < 1.29 is 9.59 Å². The van der Waals surface area contributed by atoms with Crippen LogP contribution >= 0.6 is 0 Å². The minimum Gasteiger partial charge on any atom is -0.342 e. The summed E-state index contributed by atoms with van der Waals surface area (Å²) in [6.45, 7) is 4.06. The zero-order chi connectivity index (χ0) is 18.1. The number of amides is 2. The summed E-state index contributed by atoms with van der Waals surface area (Å²) >= 11 is 0. The molecule has 26 heavy (non-hydrogen) atoms. The summed E-state index contributed by atoms with van der Waals surface area (Å²) in [7, 11) is 0. The van der Waals surface area contributed by atoms with Gasteiger partial charge in [-0.3, -0.25) is 14.7 Å². The number of aromatic nitrogens is 3. The Balaban J connectivity index is 1.37. The van der Waals surface area contributed by atoms with Crippen LogP contribution in [0.1, 0.15) is 63.0 Å². The van der Waals surface area contributed by atoms with E-state index >= 15 is 0 Å². The van der Waals surface area contributed by atoms with Crippen LogP contribution in [0, 0.1) is 12.3 Å². The van der Waals surface area contributed by atoms with Gasteiger partial charge >= 0.3 is 0 Å². The summed E-state index contributed by atoms with van der Waals surface area (Å²) in [5.41, 5.74) is -0.322. The SMILES string of the molecule is Cc1nc(CCC(=O)N2CC[C@@]3(CCCN(C4CCCC4)C3=O)C2)n[nH]1. The topological polar surface area (TPSA) is 82.2 Å². The van der Waals surface area contributed by atoms with E-state index in [4.69, 9.17) is 0 Å². The summed E-state index contributed by atoms with van der Waals surface area (Å²) in [6.07, 6.45) is 8.57. The van der Waals surface area contributed by atoms with Crippen LogP contribution in [0.25, 0.3) is 0 Å². The first kappa shape index (κ1) is 17.5. The van der Waals surface area contributed by atoms with Crippen molar-refractivity contribution >= 4 is 11.8 Å². The van der Waals surface area contributed by atoms with Crippen LogP contribution < -0.4 is 0 Å². The highest BCUT2D eigenvalue weighted by molar-refractivity contribution is 5.86. The van der Waals surface area contributed by atoms with Gasteiger partial charge in [-0.05, 0) is 39.0 Å². The minimum absolute atomic E-state index is 0.120. The second kappa shape index (κ2) is 7.00. The average molecular weight is 359 g/mol. The van der Waals surface area contributed by atoms with Crippen molar-refractivity contribution in [1.29, 1.82) is 0 Å². The maximum Gasteiger partial charge on any atom is 0.230 e. The minimum atomic E-state index is -0.322. The van der Waals surface area contributed by atoms with Crippen molar-refractivity contribution in [2.45, 2.75) is 70.8 Å². The molecular weight excluding hydrogens is 330 g/mol. The molecule has 2 amide bonds. The molecule has 1 saturated carbocycles. The van der Waals surface area contributed by atoms with Crippen LogP contribution in [0.15, 0.2) is 0 Å². The third-order valence-electron chi connectivity index (χ3n) is 6.45. The van der Waals surface area contributed by atoms with Gasteiger partial charge in [0.15, 0.2) is 5.82 Å². The number of H-pyrrole nitrogens is 1. The number of nitrogens with zero attached hydrogens (tertiary/aromatic N) is 4. The number of hydrogen-bond donors (Lipinski definition) is 1. The molecule has 1 aromatic rings. The van der Waals surface area contributed by atoms with E-state index in [9.17, 15) is 9.59 Å². The molecule has 2 aliphatic heterocycles. The van der Waals surface area contributed by atoms with Gasteiger partial charge in [0.05, 0.1) is 5.41 Å². The standard InChI is InChI=1S/C19H29N5O2/c1-14-20-16(22-21-14)7-8-17(25)23-12-10-19(13-23)9-4-11-24(18(19)26)15-5-2-3-6-15/h15H,2-13H2,1H3,(H,20,21,22)/t19-/m0/s1. The Morgan fingerprint density at radius 3 is 2.77 bits per heavy atom. The van der Waals surface area contributed by atoms with Crippen molar-refractivity contribution in [3.63, 3.8) is 0 Å². The summed E-state index contributed by atoms with van der Waals surface area (Å²) in [5.74, 6) is 1.89. The summed E-state index contributed by atoms with van der Waals surface area (Å²) in [5, 5.41) is 6.91. The number of carbonyl (C=O) groups is 2. The highest BCUT2D eigenvalue weighted by Crippen LogP contribution is 2.42. The fraction of sp³-hybridized carbons (Fsp3) is 0.789. The Morgan fingerprint density at radius 2 is 2.04 bits per heavy atom. The molecule has 1 aliphatic carbocycles. The maximum absolute atomic E-state index is 13.3. The van der Waals surface area contributed by atoms with E-state index in [0.717, 1.165) is 44.5 Å². The molecule has 1 N–H and O–H groups in total. The van der Waals surface area contributed by atoms with Gasteiger partial charge in [-0.15, -0.1) is 0 Å². The van der Waals surface area contributed by atoms with E-state index < -0.39 is 0 Å². The van der Waals surface area contributed by atoms with E-state index in [0.29, 0.717) is 43.7 Å². The van der Waals surface area contributed by atoms with Crippen molar-refractivity contribution in [3.05, 3.63) is 11.6 Å². The third-order valence-corrected chi connectivity index (χ3v) is 6.45. The summed E-state index contributed by atoms with van der Waals surface area (Å²) in [6, 6.07) is 0.443. The lowest BCUT2D eigenvalue weighted by Gasteiger charge is -2.42. The molecule has 1 atom stereocenters. The van der Waals surface area contributed by atoms with E-state index in [-0.39, 0.29) is 11.3 Å². The fourth-order valence-electron chi connectivity index (χ4n) is 5.01. The maximum atomic E-state index is 13.3. The first-order chi connectivity index (χ1) is 12.6. The predicted molar refractivity (Wildman–Crippen MR) is 96.3 cm³/mol. The smallest absolute Gasteiger partial charge is 0.230 e. The van der Waals surface area contributed by atoms with Gasteiger partial charge in [0.2, 0.25) is 11.8 Å². The van der Waals surface area contributed by atoms with Gasteiger partial charge in [-0.2, -0.15) is 5.10 Å². The van der Waals surface area contributed by atoms with Gasteiger partial charge in [0, 0.05) is 38.5 Å². The van der Waals surface area contributed by atoms with Crippen molar-refractivity contribution in [2.75, 3.05) is 19.6 Å². The third kappa shape index (κ3) is 3.23. The Labute approximate surface area is 154 Å². The Bertz CT molecular complexity index is 681. The molecule has 3 fully saturated rings. The van der Waals surface area contributed by atoms with Crippen molar-refractivity contribution in [2.24, 2.45) is 5.41 Å². The molecule has 0 aromatic carbocycles. The number of carbonyl (C=O) groups excluding carboxylic acids is 2. The lowest BCUT2D eigenvalue weighted by molar-refractivity contribution is -0.148. The second-order valence-electron chi connectivity index (χ2n) is 8.22. The quantitative estimate of drug-likeness (QED) is 0.889. The molecule has 0 bridgehead atoms. The van der Waals surface area contributed by atoms with Crippen molar-refractivity contribution in [1.82, 2.24) is 25.0 Å². The first-order valence-corrected chi connectivity index (χ1v) is 10.0. The van der Waals surface area contributed by atoms with Crippen LogP contribution in [0.2, 0.25) is 0 Å². The lowest BCUT2D eigenvalue weighted by Crippen LogP contribution is -2.53. The van der Waals surface area contributed by atoms with Crippen LogP contribution in [0.4, 0.5) is 0 Å². The van der Waals surface area contributed by atoms with Crippen molar-refractivity contribution in [3.8, 4) is 0 Å². The lowest BCUT2D eigenvalue weighted by atomic mass is 9.77. The summed E-state index contributed by atoms with van der Waals surface area (Å²) in [4.78, 5) is 34.2. The highest BCUT2D eigenvalue weighted by atomic mass is 16.2. The average Bonchev–Trinajstić information content (AvgIpc) is 3.37.